The van der Waals surface area contributed by atoms with Gasteiger partial charge in [0.05, 0.1) is 20.1 Å². The predicted molar refractivity (Wildman–Crippen MR) is 104 cm³/mol. The number of hydrogen-bond acceptors (Lipinski definition) is 5. The molecule has 0 amide bonds. The minimum Gasteiger partial charge on any atom is -0.493 e. The van der Waals surface area contributed by atoms with E-state index >= 15 is 0 Å². The second kappa shape index (κ2) is 9.83. The van der Waals surface area contributed by atoms with Crippen molar-refractivity contribution in [3.8, 4) is 17.2 Å². The van der Waals surface area contributed by atoms with E-state index in [0.717, 1.165) is 12.1 Å². The Hall–Kier alpha value is -2.73. The van der Waals surface area contributed by atoms with Gasteiger partial charge in [-0.1, -0.05) is 24.3 Å². The molecule has 0 bridgehead atoms. The molecule has 2 aromatic carbocycles. The second-order valence-corrected chi connectivity index (χ2v) is 6.47. The van der Waals surface area contributed by atoms with Crippen molar-refractivity contribution in [2.45, 2.75) is 12.3 Å². The third-order valence-electron chi connectivity index (χ3n) is 4.30. The van der Waals surface area contributed by atoms with Crippen molar-refractivity contribution >= 4 is 5.97 Å². The first-order valence-electron chi connectivity index (χ1n) is 8.76. The van der Waals surface area contributed by atoms with Crippen molar-refractivity contribution in [2.75, 3.05) is 41.5 Å². The molecule has 0 heterocycles. The van der Waals surface area contributed by atoms with E-state index in [0.29, 0.717) is 35.8 Å². The van der Waals surface area contributed by atoms with Gasteiger partial charge in [-0.25, -0.2) is 0 Å². The smallest absolute Gasteiger partial charge is 0.311 e. The van der Waals surface area contributed by atoms with Crippen LogP contribution in [0.3, 0.4) is 0 Å². The van der Waals surface area contributed by atoms with Gasteiger partial charge in [0.15, 0.2) is 11.5 Å². The van der Waals surface area contributed by atoms with Gasteiger partial charge in [0, 0.05) is 6.54 Å². The summed E-state index contributed by atoms with van der Waals surface area (Å²) >= 11 is 0. The number of benzene rings is 2. The van der Waals surface area contributed by atoms with Crippen LogP contribution < -0.4 is 14.2 Å². The predicted octanol–water partition coefficient (Wildman–Crippen LogP) is 3.06. The molecule has 2 aromatic rings. The molecule has 0 saturated carbocycles. The maximum Gasteiger partial charge on any atom is 0.311 e. The highest BCUT2D eigenvalue weighted by molar-refractivity contribution is 5.77. The van der Waals surface area contributed by atoms with Crippen molar-refractivity contribution in [3.05, 3.63) is 53.6 Å². The van der Waals surface area contributed by atoms with Crippen molar-refractivity contribution in [2.24, 2.45) is 0 Å². The highest BCUT2D eigenvalue weighted by Crippen LogP contribution is 2.33. The lowest BCUT2D eigenvalue weighted by molar-refractivity contribution is -0.138. The molecule has 0 aliphatic carbocycles. The minimum atomic E-state index is -0.898. The number of carboxylic acids is 1. The highest BCUT2D eigenvalue weighted by Gasteiger charge is 2.23. The summed E-state index contributed by atoms with van der Waals surface area (Å²) in [5.74, 6) is 0.175. The number of likely N-dealkylation sites (N-methyl/N-ethyl adjacent to an activating group) is 1. The molecule has 0 aromatic heterocycles. The minimum absolute atomic E-state index is 0.322. The topological polar surface area (TPSA) is 68.2 Å². The zero-order chi connectivity index (χ0) is 19.8. The number of para-hydroxylation sites is 1. The van der Waals surface area contributed by atoms with E-state index in [1.54, 1.807) is 25.3 Å². The molecule has 2 rings (SSSR count). The van der Waals surface area contributed by atoms with Gasteiger partial charge in [0.1, 0.15) is 12.4 Å². The van der Waals surface area contributed by atoms with Crippen molar-refractivity contribution in [1.29, 1.82) is 0 Å². The fraction of sp³-hybridized carbons (Fsp3) is 0.381. The van der Waals surface area contributed by atoms with E-state index in [4.69, 9.17) is 14.2 Å². The van der Waals surface area contributed by atoms with E-state index in [9.17, 15) is 9.90 Å². The quantitative estimate of drug-likeness (QED) is 0.690. The third-order valence-corrected chi connectivity index (χ3v) is 4.30. The molecule has 27 heavy (non-hydrogen) atoms. The summed E-state index contributed by atoms with van der Waals surface area (Å²) in [4.78, 5) is 14.0. The summed E-state index contributed by atoms with van der Waals surface area (Å²) in [6, 6.07) is 12.8. The molecule has 1 unspecified atom stereocenters. The largest absolute Gasteiger partial charge is 0.493 e. The van der Waals surface area contributed by atoms with Gasteiger partial charge in [-0.15, -0.1) is 0 Å². The van der Waals surface area contributed by atoms with Crippen LogP contribution in [-0.2, 0) is 11.2 Å². The third kappa shape index (κ3) is 5.62. The van der Waals surface area contributed by atoms with Crippen LogP contribution in [0.4, 0.5) is 0 Å². The monoisotopic (exact) mass is 373 g/mol. The molecule has 0 saturated heterocycles. The molecule has 0 radical (unpaired) electrons. The Morgan fingerprint density at radius 1 is 1.04 bits per heavy atom. The first-order chi connectivity index (χ1) is 13.0. The molecule has 0 spiro atoms. The molecule has 1 N–H and O–H groups in total. The number of nitrogens with zero attached hydrogens (tertiary/aromatic N) is 1. The summed E-state index contributed by atoms with van der Waals surface area (Å²) in [6.45, 7) is 1.32. The van der Waals surface area contributed by atoms with E-state index in [2.05, 4.69) is 0 Å². The molecular weight excluding hydrogens is 346 g/mol. The van der Waals surface area contributed by atoms with Gasteiger partial charge in [-0.2, -0.15) is 0 Å². The Bertz CT molecular complexity index is 760. The van der Waals surface area contributed by atoms with E-state index in [-0.39, 0.29) is 0 Å². The Labute approximate surface area is 160 Å². The van der Waals surface area contributed by atoms with Crippen molar-refractivity contribution < 1.29 is 24.1 Å². The van der Waals surface area contributed by atoms with E-state index in [1.165, 1.54) is 7.11 Å². The average molecular weight is 373 g/mol. The summed E-state index contributed by atoms with van der Waals surface area (Å²) < 4.78 is 16.4. The van der Waals surface area contributed by atoms with Crippen LogP contribution in [-0.4, -0.2) is 57.4 Å². The van der Waals surface area contributed by atoms with Gasteiger partial charge in [0.25, 0.3) is 0 Å². The maximum absolute atomic E-state index is 12.0. The lowest BCUT2D eigenvalue weighted by atomic mass is 9.91. The van der Waals surface area contributed by atoms with Gasteiger partial charge < -0.3 is 24.2 Å². The summed E-state index contributed by atoms with van der Waals surface area (Å²) in [5, 5.41) is 9.80. The number of methoxy groups -OCH3 is 2. The Morgan fingerprint density at radius 2 is 1.74 bits per heavy atom. The first kappa shape index (κ1) is 20.6. The summed E-state index contributed by atoms with van der Waals surface area (Å²) in [6.07, 6.45) is 0.322. The Kier molecular flexibility index (Phi) is 7.49. The fourth-order valence-electron chi connectivity index (χ4n) is 2.79. The molecule has 0 aliphatic heterocycles. The number of carboxylic acid groups (broad SMARTS) is 1. The van der Waals surface area contributed by atoms with Crippen LogP contribution in [0.25, 0.3) is 0 Å². The van der Waals surface area contributed by atoms with Crippen LogP contribution in [0.2, 0.25) is 0 Å². The van der Waals surface area contributed by atoms with Crippen LogP contribution >= 0.6 is 0 Å². The number of aliphatic carboxylic acids is 1. The zero-order valence-electron chi connectivity index (χ0n) is 16.3. The lowest BCUT2D eigenvalue weighted by Gasteiger charge is -2.18. The normalized spacial score (nSPS) is 11.9. The molecule has 146 valence electrons. The van der Waals surface area contributed by atoms with E-state index in [1.807, 2.05) is 43.3 Å². The molecule has 6 nitrogen and oxygen atoms in total. The van der Waals surface area contributed by atoms with Crippen molar-refractivity contribution in [1.82, 2.24) is 4.90 Å². The Morgan fingerprint density at radius 3 is 2.37 bits per heavy atom. The highest BCUT2D eigenvalue weighted by atomic mass is 16.5. The van der Waals surface area contributed by atoms with Crippen LogP contribution in [0.5, 0.6) is 17.2 Å². The molecule has 1 atom stereocenters. The molecular formula is C21H27NO5. The number of hydrogen-bond donors (Lipinski definition) is 1. The molecule has 6 heteroatoms. The fourth-order valence-corrected chi connectivity index (χ4v) is 2.79. The Balaban J connectivity index is 2.26. The first-order valence-corrected chi connectivity index (χ1v) is 8.76. The van der Waals surface area contributed by atoms with Crippen LogP contribution in [0.15, 0.2) is 42.5 Å². The van der Waals surface area contributed by atoms with Gasteiger partial charge in [0.2, 0.25) is 0 Å². The van der Waals surface area contributed by atoms with Gasteiger partial charge in [-0.05, 0) is 49.8 Å². The number of ether oxygens (including phenoxy) is 3. The van der Waals surface area contributed by atoms with Crippen LogP contribution in [0.1, 0.15) is 17.0 Å². The van der Waals surface area contributed by atoms with Crippen LogP contribution in [0, 0.1) is 0 Å². The zero-order valence-corrected chi connectivity index (χ0v) is 16.3. The maximum atomic E-state index is 12.0. The second-order valence-electron chi connectivity index (χ2n) is 6.47. The average Bonchev–Trinajstić information content (AvgIpc) is 2.66. The molecule has 0 fully saturated rings. The molecule has 0 aliphatic rings. The SMILES string of the molecule is COc1ccc(C(Cc2ccccc2OCCN(C)C)C(=O)O)cc1OC. The number of carbonyl (C=O) groups is 1. The summed E-state index contributed by atoms with van der Waals surface area (Å²) in [5.41, 5.74) is 1.52. The lowest BCUT2D eigenvalue weighted by Crippen LogP contribution is -2.20. The summed E-state index contributed by atoms with van der Waals surface area (Å²) in [7, 11) is 7.04. The standard InChI is InChI=1S/C21H27NO5/c1-22(2)11-12-27-18-8-6-5-7-16(18)13-17(21(23)24)15-9-10-19(25-3)20(14-15)26-4/h5-10,14,17H,11-13H2,1-4H3,(H,23,24). The van der Waals surface area contributed by atoms with Crippen molar-refractivity contribution in [3.63, 3.8) is 0 Å². The number of rotatable bonds is 10. The van der Waals surface area contributed by atoms with Gasteiger partial charge in [-0.3, -0.25) is 4.79 Å². The van der Waals surface area contributed by atoms with Gasteiger partial charge >= 0.3 is 5.97 Å². The van der Waals surface area contributed by atoms with E-state index < -0.39 is 11.9 Å².